The number of benzene rings is 2. The smallest absolute Gasteiger partial charge is 0.227 e. The molecule has 0 spiro atoms. The molecule has 2 N–H and O–H groups in total. The topological polar surface area (TPSA) is 92.3 Å². The molecule has 0 unspecified atom stereocenters. The van der Waals surface area contributed by atoms with E-state index in [4.69, 9.17) is 0 Å². The summed E-state index contributed by atoms with van der Waals surface area (Å²) in [6, 6.07) is 13.8. The number of Topliss-reactive ketones (excluding diaryl/α,β-unsaturated/α-hetero) is 2. The Morgan fingerprint density at radius 1 is 0.667 bits per heavy atom. The van der Waals surface area contributed by atoms with Gasteiger partial charge in [-0.2, -0.15) is 0 Å². The molecule has 6 heteroatoms. The van der Waals surface area contributed by atoms with E-state index in [0.717, 1.165) is 0 Å². The maximum absolute atomic E-state index is 12.6. The van der Waals surface area contributed by atoms with Crippen molar-refractivity contribution in [3.63, 3.8) is 0 Å². The summed E-state index contributed by atoms with van der Waals surface area (Å²) in [6.45, 7) is 2.98. The molecule has 0 heterocycles. The zero-order valence-electron chi connectivity index (χ0n) is 17.2. The van der Waals surface area contributed by atoms with Crippen LogP contribution in [0.3, 0.4) is 0 Å². The fourth-order valence-electron chi connectivity index (χ4n) is 3.74. The SMILES string of the molecule is CC(=O)c1cccc(NC(=O)C2CCC(C(=O)Nc3cccc(C(C)=O)c3)CC2)c1. The first kappa shape index (κ1) is 21.4. The van der Waals surface area contributed by atoms with Gasteiger partial charge in [-0.3, -0.25) is 19.2 Å². The number of ketones is 2. The van der Waals surface area contributed by atoms with Gasteiger partial charge < -0.3 is 10.6 Å². The second-order valence-electron chi connectivity index (χ2n) is 7.80. The first-order valence-electron chi connectivity index (χ1n) is 10.2. The summed E-state index contributed by atoms with van der Waals surface area (Å²) in [5.41, 5.74) is 2.33. The Balaban J connectivity index is 1.52. The molecule has 156 valence electrons. The maximum atomic E-state index is 12.6. The van der Waals surface area contributed by atoms with Gasteiger partial charge in [0.25, 0.3) is 0 Å². The highest BCUT2D eigenvalue weighted by Gasteiger charge is 2.30. The Kier molecular flexibility index (Phi) is 6.77. The van der Waals surface area contributed by atoms with E-state index < -0.39 is 0 Å². The van der Waals surface area contributed by atoms with Gasteiger partial charge in [-0.1, -0.05) is 24.3 Å². The minimum absolute atomic E-state index is 0.0496. The predicted molar refractivity (Wildman–Crippen MR) is 116 cm³/mol. The highest BCUT2D eigenvalue weighted by Crippen LogP contribution is 2.31. The number of hydrogen-bond acceptors (Lipinski definition) is 4. The van der Waals surface area contributed by atoms with Crippen LogP contribution in [0.1, 0.15) is 60.2 Å². The first-order chi connectivity index (χ1) is 14.3. The fraction of sp³-hybridized carbons (Fsp3) is 0.333. The van der Waals surface area contributed by atoms with Crippen molar-refractivity contribution in [2.24, 2.45) is 11.8 Å². The van der Waals surface area contributed by atoms with E-state index in [2.05, 4.69) is 10.6 Å². The van der Waals surface area contributed by atoms with Crippen molar-refractivity contribution >= 4 is 34.8 Å². The van der Waals surface area contributed by atoms with Gasteiger partial charge in [0.15, 0.2) is 11.6 Å². The molecule has 1 fully saturated rings. The van der Waals surface area contributed by atoms with Crippen LogP contribution < -0.4 is 10.6 Å². The standard InChI is InChI=1S/C24H26N2O4/c1-15(27)19-5-3-7-21(13-19)25-23(29)17-9-11-18(12-10-17)24(30)26-22-8-4-6-20(14-22)16(2)28/h3-8,13-14,17-18H,9-12H2,1-2H3,(H,25,29)(H,26,30). The molecule has 3 rings (SSSR count). The maximum Gasteiger partial charge on any atom is 0.227 e. The Hall–Kier alpha value is -3.28. The third-order valence-electron chi connectivity index (χ3n) is 5.54. The van der Waals surface area contributed by atoms with E-state index in [1.807, 2.05) is 0 Å². The van der Waals surface area contributed by atoms with Crippen molar-refractivity contribution in [3.05, 3.63) is 59.7 Å². The molecule has 2 amide bonds. The summed E-state index contributed by atoms with van der Waals surface area (Å²) in [4.78, 5) is 48.2. The second kappa shape index (κ2) is 9.48. The highest BCUT2D eigenvalue weighted by atomic mass is 16.2. The van der Waals surface area contributed by atoms with E-state index in [-0.39, 0.29) is 35.2 Å². The molecule has 6 nitrogen and oxygen atoms in total. The van der Waals surface area contributed by atoms with Gasteiger partial charge in [0.05, 0.1) is 0 Å². The van der Waals surface area contributed by atoms with Gasteiger partial charge in [0, 0.05) is 34.3 Å². The van der Waals surface area contributed by atoms with Gasteiger partial charge in [-0.25, -0.2) is 0 Å². The van der Waals surface area contributed by atoms with Crippen molar-refractivity contribution in [3.8, 4) is 0 Å². The summed E-state index contributed by atoms with van der Waals surface area (Å²) in [5, 5.41) is 5.77. The number of nitrogens with one attached hydrogen (secondary N) is 2. The molecule has 2 aromatic carbocycles. The van der Waals surface area contributed by atoms with Crippen LogP contribution in [0, 0.1) is 11.8 Å². The molecule has 0 bridgehead atoms. The fourth-order valence-corrected chi connectivity index (χ4v) is 3.74. The van der Waals surface area contributed by atoms with Crippen molar-refractivity contribution in [2.45, 2.75) is 39.5 Å². The van der Waals surface area contributed by atoms with Crippen LogP contribution in [0.4, 0.5) is 11.4 Å². The molecule has 1 aliphatic carbocycles. The van der Waals surface area contributed by atoms with Gasteiger partial charge in [0.2, 0.25) is 11.8 Å². The number of amides is 2. The van der Waals surface area contributed by atoms with E-state index in [0.29, 0.717) is 48.2 Å². The molecule has 0 radical (unpaired) electrons. The normalized spacial score (nSPS) is 18.3. The van der Waals surface area contributed by atoms with Crippen LogP contribution in [-0.4, -0.2) is 23.4 Å². The lowest BCUT2D eigenvalue weighted by molar-refractivity contribution is -0.125. The number of anilines is 2. The van der Waals surface area contributed by atoms with Crippen LogP contribution in [0.5, 0.6) is 0 Å². The zero-order valence-corrected chi connectivity index (χ0v) is 17.2. The number of carbonyl (C=O) groups excluding carboxylic acids is 4. The van der Waals surface area contributed by atoms with Crippen molar-refractivity contribution in [1.29, 1.82) is 0 Å². The lowest BCUT2D eigenvalue weighted by Gasteiger charge is -2.27. The Bertz CT molecular complexity index is 895. The summed E-state index contributed by atoms with van der Waals surface area (Å²) in [6.07, 6.45) is 2.52. The molecule has 0 atom stereocenters. The molecule has 1 saturated carbocycles. The van der Waals surface area contributed by atoms with Crippen LogP contribution in [0.15, 0.2) is 48.5 Å². The minimum Gasteiger partial charge on any atom is -0.326 e. The van der Waals surface area contributed by atoms with Crippen LogP contribution in [0.2, 0.25) is 0 Å². The average molecular weight is 406 g/mol. The first-order valence-corrected chi connectivity index (χ1v) is 10.2. The lowest BCUT2D eigenvalue weighted by atomic mass is 9.81. The number of carbonyl (C=O) groups is 4. The van der Waals surface area contributed by atoms with Gasteiger partial charge in [0.1, 0.15) is 0 Å². The Morgan fingerprint density at radius 3 is 1.37 bits per heavy atom. The highest BCUT2D eigenvalue weighted by molar-refractivity contribution is 5.99. The monoisotopic (exact) mass is 406 g/mol. The van der Waals surface area contributed by atoms with E-state index in [9.17, 15) is 19.2 Å². The van der Waals surface area contributed by atoms with E-state index in [1.54, 1.807) is 48.5 Å². The lowest BCUT2D eigenvalue weighted by Crippen LogP contribution is -2.32. The summed E-state index contributed by atoms with van der Waals surface area (Å²) >= 11 is 0. The molecule has 0 saturated heterocycles. The quantitative estimate of drug-likeness (QED) is 0.692. The molecular weight excluding hydrogens is 380 g/mol. The summed E-state index contributed by atoms with van der Waals surface area (Å²) in [7, 11) is 0. The van der Waals surface area contributed by atoms with Gasteiger partial charge >= 0.3 is 0 Å². The number of hydrogen-bond donors (Lipinski definition) is 2. The minimum atomic E-state index is -0.156. The van der Waals surface area contributed by atoms with Gasteiger partial charge in [-0.15, -0.1) is 0 Å². The van der Waals surface area contributed by atoms with Gasteiger partial charge in [-0.05, 0) is 63.8 Å². The van der Waals surface area contributed by atoms with Crippen LogP contribution in [0.25, 0.3) is 0 Å². The predicted octanol–water partition coefficient (Wildman–Crippen LogP) is 4.48. The largest absolute Gasteiger partial charge is 0.326 e. The molecule has 0 aromatic heterocycles. The zero-order chi connectivity index (χ0) is 21.7. The molecule has 2 aromatic rings. The van der Waals surface area contributed by atoms with Crippen molar-refractivity contribution in [2.75, 3.05) is 10.6 Å². The third kappa shape index (κ3) is 5.41. The average Bonchev–Trinajstić information content (AvgIpc) is 2.74. The Labute approximate surface area is 176 Å². The third-order valence-corrected chi connectivity index (χ3v) is 5.54. The molecule has 1 aliphatic rings. The second-order valence-corrected chi connectivity index (χ2v) is 7.80. The van der Waals surface area contributed by atoms with Crippen molar-refractivity contribution < 1.29 is 19.2 Å². The summed E-state index contributed by atoms with van der Waals surface area (Å²) < 4.78 is 0. The van der Waals surface area contributed by atoms with E-state index in [1.165, 1.54) is 13.8 Å². The van der Waals surface area contributed by atoms with E-state index >= 15 is 0 Å². The van der Waals surface area contributed by atoms with Crippen molar-refractivity contribution in [1.82, 2.24) is 0 Å². The molecule has 30 heavy (non-hydrogen) atoms. The number of rotatable bonds is 6. The van der Waals surface area contributed by atoms with Crippen LogP contribution in [-0.2, 0) is 9.59 Å². The summed E-state index contributed by atoms with van der Waals surface area (Å²) in [5.74, 6) is -0.572. The van der Waals surface area contributed by atoms with Crippen LogP contribution >= 0.6 is 0 Å². The Morgan fingerprint density at radius 2 is 1.03 bits per heavy atom. The molecular formula is C24H26N2O4. The molecule has 0 aliphatic heterocycles.